The van der Waals surface area contributed by atoms with Gasteiger partial charge in [-0.25, -0.2) is 0 Å². The summed E-state index contributed by atoms with van der Waals surface area (Å²) in [5.74, 6) is -1.51. The van der Waals surface area contributed by atoms with Crippen molar-refractivity contribution in [3.8, 4) is 0 Å². The topological polar surface area (TPSA) is 74.6 Å². The maximum absolute atomic E-state index is 10.4. The van der Waals surface area contributed by atoms with Crippen molar-refractivity contribution in [2.75, 3.05) is 0 Å². The van der Waals surface area contributed by atoms with Crippen molar-refractivity contribution in [2.45, 2.75) is 79.1 Å². The Kier molecular flexibility index (Phi) is 21.9. The third-order valence-corrected chi connectivity index (χ3v) is 3.50. The van der Waals surface area contributed by atoms with Crippen molar-refractivity contribution >= 4 is 11.9 Å². The van der Waals surface area contributed by atoms with Gasteiger partial charge in [0.05, 0.1) is 11.8 Å². The van der Waals surface area contributed by atoms with E-state index in [9.17, 15) is 9.59 Å². The van der Waals surface area contributed by atoms with E-state index in [0.29, 0.717) is 0 Å². The second-order valence-electron chi connectivity index (χ2n) is 5.17. The molecule has 0 aromatic heterocycles. The molecular weight excluding hydrogens is 435 g/mol. The zero-order chi connectivity index (χ0) is 16.0. The molecule has 2 atom stereocenters. The molecular formula is C16H32HfO4. The molecule has 5 heteroatoms. The summed E-state index contributed by atoms with van der Waals surface area (Å²) in [5.41, 5.74) is 0. The number of unbranched alkanes of at least 4 members (excludes halogenated alkanes) is 2. The molecule has 0 bridgehead atoms. The second kappa shape index (κ2) is 17.9. The van der Waals surface area contributed by atoms with Crippen LogP contribution in [0.1, 0.15) is 79.1 Å². The van der Waals surface area contributed by atoms with Crippen molar-refractivity contribution in [3.63, 3.8) is 0 Å². The fraction of sp³-hybridized carbons (Fsp3) is 0.875. The van der Waals surface area contributed by atoms with Crippen LogP contribution in [0.25, 0.3) is 0 Å². The second-order valence-corrected chi connectivity index (χ2v) is 5.17. The third-order valence-electron chi connectivity index (χ3n) is 3.50. The van der Waals surface area contributed by atoms with Crippen LogP contribution in [0, 0.1) is 11.8 Å². The van der Waals surface area contributed by atoms with Crippen LogP contribution in [0.3, 0.4) is 0 Å². The molecule has 0 aliphatic carbocycles. The Balaban J connectivity index is -0.000000295. The van der Waals surface area contributed by atoms with Gasteiger partial charge in [-0.3, -0.25) is 9.59 Å². The summed E-state index contributed by atoms with van der Waals surface area (Å²) in [5, 5.41) is 17.2. The normalized spacial score (nSPS) is 12.4. The van der Waals surface area contributed by atoms with Crippen LogP contribution in [0.4, 0.5) is 0 Å². The minimum absolute atomic E-state index is 0. The standard InChI is InChI=1S/2C8H16O2.Hf/c2*1-3-5-6-7(4-2)8(9)10;/h2*7H,3-6H2,1-2H3,(H,9,10);. The van der Waals surface area contributed by atoms with Crippen molar-refractivity contribution in [1.82, 2.24) is 0 Å². The average Bonchev–Trinajstić information content (AvgIpc) is 2.40. The molecule has 0 heterocycles. The molecule has 0 saturated heterocycles. The van der Waals surface area contributed by atoms with Gasteiger partial charge in [-0.05, 0) is 25.7 Å². The Morgan fingerprint density at radius 2 is 1.05 bits per heavy atom. The Morgan fingerprint density at radius 1 is 0.762 bits per heavy atom. The minimum Gasteiger partial charge on any atom is -0.481 e. The fourth-order valence-electron chi connectivity index (χ4n) is 1.91. The SMILES string of the molecule is CCCCC(CC)C(=O)O.CCCCC(CC)C(=O)O.[Hf]. The Labute approximate surface area is 148 Å². The molecule has 0 rings (SSSR count). The molecule has 0 fully saturated rings. The van der Waals surface area contributed by atoms with Gasteiger partial charge in [-0.15, -0.1) is 0 Å². The maximum Gasteiger partial charge on any atom is 0.306 e. The fourth-order valence-corrected chi connectivity index (χ4v) is 1.91. The van der Waals surface area contributed by atoms with Gasteiger partial charge in [0.25, 0.3) is 0 Å². The van der Waals surface area contributed by atoms with Crippen LogP contribution < -0.4 is 0 Å². The van der Waals surface area contributed by atoms with Gasteiger partial charge in [-0.1, -0.05) is 53.4 Å². The quantitative estimate of drug-likeness (QED) is 0.462. The summed E-state index contributed by atoms with van der Waals surface area (Å²) < 4.78 is 0. The molecule has 0 radical (unpaired) electrons. The van der Waals surface area contributed by atoms with Crippen LogP contribution in [0.5, 0.6) is 0 Å². The largest absolute Gasteiger partial charge is 0.481 e. The summed E-state index contributed by atoms with van der Waals surface area (Å²) in [4.78, 5) is 20.9. The molecule has 0 spiro atoms. The van der Waals surface area contributed by atoms with Gasteiger partial charge in [0.1, 0.15) is 0 Å². The van der Waals surface area contributed by atoms with E-state index in [4.69, 9.17) is 10.2 Å². The van der Waals surface area contributed by atoms with Crippen molar-refractivity contribution in [1.29, 1.82) is 0 Å². The average molecular weight is 467 g/mol. The number of carbonyl (C=O) groups is 2. The number of carboxylic acids is 2. The molecule has 4 nitrogen and oxygen atoms in total. The molecule has 2 unspecified atom stereocenters. The number of carboxylic acid groups (broad SMARTS) is 2. The van der Waals surface area contributed by atoms with Gasteiger partial charge in [0.2, 0.25) is 0 Å². The smallest absolute Gasteiger partial charge is 0.306 e. The van der Waals surface area contributed by atoms with Crippen molar-refractivity contribution in [2.24, 2.45) is 11.8 Å². The molecule has 0 saturated carbocycles. The van der Waals surface area contributed by atoms with Gasteiger partial charge in [-0.2, -0.15) is 0 Å². The first kappa shape index (κ1) is 25.7. The Hall–Kier alpha value is -0.190. The summed E-state index contributed by atoms with van der Waals surface area (Å²) in [7, 11) is 0. The predicted octanol–water partition coefficient (Wildman–Crippen LogP) is 4.57. The summed E-state index contributed by atoms with van der Waals surface area (Å²) in [6.07, 6.45) is 7.43. The zero-order valence-corrected chi connectivity index (χ0v) is 17.6. The van der Waals surface area contributed by atoms with Gasteiger partial charge in [0.15, 0.2) is 0 Å². The van der Waals surface area contributed by atoms with Crippen LogP contribution in [0.2, 0.25) is 0 Å². The van der Waals surface area contributed by atoms with Crippen LogP contribution in [0.15, 0.2) is 0 Å². The third kappa shape index (κ3) is 16.0. The molecule has 0 amide bonds. The minimum atomic E-state index is -0.643. The van der Waals surface area contributed by atoms with E-state index in [-0.39, 0.29) is 37.7 Å². The molecule has 2 N–H and O–H groups in total. The van der Waals surface area contributed by atoms with Crippen LogP contribution >= 0.6 is 0 Å². The Morgan fingerprint density at radius 3 is 1.19 bits per heavy atom. The molecule has 0 aromatic carbocycles. The monoisotopic (exact) mass is 468 g/mol. The first-order chi connectivity index (χ1) is 9.44. The number of hydrogen-bond donors (Lipinski definition) is 2. The van der Waals surface area contributed by atoms with Gasteiger partial charge < -0.3 is 10.2 Å². The van der Waals surface area contributed by atoms with E-state index in [2.05, 4.69) is 13.8 Å². The summed E-state index contributed by atoms with van der Waals surface area (Å²) >= 11 is 0. The van der Waals surface area contributed by atoms with E-state index in [0.717, 1.165) is 51.4 Å². The van der Waals surface area contributed by atoms with Crippen molar-refractivity contribution < 1.29 is 45.6 Å². The van der Waals surface area contributed by atoms with Crippen molar-refractivity contribution in [3.05, 3.63) is 0 Å². The number of hydrogen-bond acceptors (Lipinski definition) is 2. The van der Waals surface area contributed by atoms with E-state index in [1.807, 2.05) is 13.8 Å². The van der Waals surface area contributed by atoms with E-state index >= 15 is 0 Å². The number of aliphatic carboxylic acids is 2. The molecule has 0 aliphatic rings. The summed E-state index contributed by atoms with van der Waals surface area (Å²) in [6.45, 7) is 8.01. The zero-order valence-electron chi connectivity index (χ0n) is 14.0. The first-order valence-electron chi connectivity index (χ1n) is 7.89. The van der Waals surface area contributed by atoms with E-state index in [1.165, 1.54) is 0 Å². The predicted molar refractivity (Wildman–Crippen MR) is 81.9 cm³/mol. The first-order valence-corrected chi connectivity index (χ1v) is 7.89. The van der Waals surface area contributed by atoms with Gasteiger partial charge in [0, 0.05) is 25.8 Å². The molecule has 0 aromatic rings. The summed E-state index contributed by atoms with van der Waals surface area (Å²) in [6, 6.07) is 0. The molecule has 21 heavy (non-hydrogen) atoms. The van der Waals surface area contributed by atoms with E-state index in [1.54, 1.807) is 0 Å². The van der Waals surface area contributed by atoms with Gasteiger partial charge >= 0.3 is 11.9 Å². The maximum atomic E-state index is 10.4. The van der Waals surface area contributed by atoms with Crippen LogP contribution in [-0.2, 0) is 35.4 Å². The Bertz CT molecular complexity index is 231. The molecule has 124 valence electrons. The molecule has 0 aliphatic heterocycles. The van der Waals surface area contributed by atoms with E-state index < -0.39 is 11.9 Å². The van der Waals surface area contributed by atoms with Crippen LogP contribution in [-0.4, -0.2) is 22.2 Å². The number of rotatable bonds is 10.